The van der Waals surface area contributed by atoms with Gasteiger partial charge in [-0.05, 0) is 17.7 Å². The van der Waals surface area contributed by atoms with Gasteiger partial charge in [-0.1, -0.05) is 36.4 Å². The van der Waals surface area contributed by atoms with E-state index in [4.69, 9.17) is 4.74 Å². The molecule has 2 aromatic rings. The van der Waals surface area contributed by atoms with E-state index in [-0.39, 0.29) is 19.2 Å². The number of aliphatic hydroxyl groups is 1. The average molecular weight is 304 g/mol. The highest BCUT2D eigenvalue weighted by atomic mass is 32.2. The zero-order chi connectivity index (χ0) is 15.2. The Hall–Kier alpha value is -1.98. The smallest absolute Gasteiger partial charge is 0.302 e. The molecule has 4 nitrogen and oxygen atoms in total. The predicted octanol–water partition coefficient (Wildman–Crippen LogP) is 2.41. The van der Waals surface area contributed by atoms with Crippen LogP contribution in [0.1, 0.15) is 18.1 Å². The second-order valence-corrected chi connectivity index (χ2v) is 5.84. The Balaban J connectivity index is 2.37. The molecule has 1 unspecified atom stereocenters. The van der Waals surface area contributed by atoms with E-state index >= 15 is 0 Å². The van der Waals surface area contributed by atoms with Gasteiger partial charge in [-0.25, -0.2) is 4.21 Å². The molecule has 21 heavy (non-hydrogen) atoms. The van der Waals surface area contributed by atoms with Crippen molar-refractivity contribution >= 4 is 16.8 Å². The minimum atomic E-state index is -1.44. The number of carbonyl (C=O) groups is 1. The van der Waals surface area contributed by atoms with Gasteiger partial charge in [0.05, 0.1) is 22.3 Å². The largest absolute Gasteiger partial charge is 0.461 e. The molecule has 0 saturated carbocycles. The number of esters is 1. The molecular weight excluding hydrogens is 288 g/mol. The standard InChI is InChI=1S/C16H16O4S/c1-12(18)20-11-14-7-3-5-9-16(14)21(19)15-8-4-2-6-13(15)10-17/h2-9,17H,10-11H2,1H3. The summed E-state index contributed by atoms with van der Waals surface area (Å²) in [4.78, 5) is 12.1. The van der Waals surface area contributed by atoms with E-state index in [2.05, 4.69) is 0 Å². The number of rotatable bonds is 5. The molecule has 2 aromatic carbocycles. The van der Waals surface area contributed by atoms with Crippen LogP contribution in [-0.4, -0.2) is 15.3 Å². The molecule has 0 aromatic heterocycles. The number of hydrogen-bond donors (Lipinski definition) is 1. The van der Waals surface area contributed by atoms with Crippen molar-refractivity contribution in [2.45, 2.75) is 29.9 Å². The number of carbonyl (C=O) groups excluding carboxylic acids is 1. The number of hydrogen-bond acceptors (Lipinski definition) is 4. The van der Waals surface area contributed by atoms with Gasteiger partial charge in [0, 0.05) is 17.4 Å². The van der Waals surface area contributed by atoms with Gasteiger partial charge >= 0.3 is 5.97 Å². The Morgan fingerprint density at radius 3 is 2.14 bits per heavy atom. The molecule has 0 aliphatic carbocycles. The lowest BCUT2D eigenvalue weighted by molar-refractivity contribution is -0.142. The molecule has 1 N–H and O–H groups in total. The van der Waals surface area contributed by atoms with Crippen molar-refractivity contribution in [1.82, 2.24) is 0 Å². The zero-order valence-corrected chi connectivity index (χ0v) is 12.4. The Bertz CT molecular complexity index is 667. The van der Waals surface area contributed by atoms with Crippen molar-refractivity contribution in [3.05, 3.63) is 59.7 Å². The van der Waals surface area contributed by atoms with E-state index in [9.17, 15) is 14.1 Å². The van der Waals surface area contributed by atoms with E-state index < -0.39 is 10.8 Å². The first-order chi connectivity index (χ1) is 10.1. The lowest BCUT2D eigenvalue weighted by atomic mass is 10.2. The Labute approximate surface area is 125 Å². The van der Waals surface area contributed by atoms with Crippen molar-refractivity contribution in [3.63, 3.8) is 0 Å². The summed E-state index contributed by atoms with van der Waals surface area (Å²) in [6.45, 7) is 1.24. The van der Waals surface area contributed by atoms with E-state index in [0.717, 1.165) is 0 Å². The van der Waals surface area contributed by atoms with Crippen LogP contribution in [0.3, 0.4) is 0 Å². The maximum Gasteiger partial charge on any atom is 0.302 e. The summed E-state index contributed by atoms with van der Waals surface area (Å²) in [5.41, 5.74) is 1.32. The van der Waals surface area contributed by atoms with Crippen LogP contribution in [0.5, 0.6) is 0 Å². The van der Waals surface area contributed by atoms with Gasteiger partial charge in [0.15, 0.2) is 0 Å². The molecule has 0 aliphatic heterocycles. The van der Waals surface area contributed by atoms with Crippen molar-refractivity contribution in [1.29, 1.82) is 0 Å². The SMILES string of the molecule is CC(=O)OCc1ccccc1S(=O)c1ccccc1CO. The van der Waals surface area contributed by atoms with Crippen molar-refractivity contribution in [3.8, 4) is 0 Å². The highest BCUT2D eigenvalue weighted by molar-refractivity contribution is 7.85. The van der Waals surface area contributed by atoms with Crippen LogP contribution in [-0.2, 0) is 33.5 Å². The zero-order valence-electron chi connectivity index (χ0n) is 11.6. The first-order valence-electron chi connectivity index (χ1n) is 6.45. The van der Waals surface area contributed by atoms with Crippen LogP contribution < -0.4 is 0 Å². The van der Waals surface area contributed by atoms with E-state index in [1.165, 1.54) is 6.92 Å². The fourth-order valence-electron chi connectivity index (χ4n) is 1.92. The number of ether oxygens (including phenoxy) is 1. The fourth-order valence-corrected chi connectivity index (χ4v) is 3.29. The Kier molecular flexibility index (Phi) is 5.25. The molecule has 1 atom stereocenters. The average Bonchev–Trinajstić information content (AvgIpc) is 2.52. The van der Waals surface area contributed by atoms with E-state index in [1.54, 1.807) is 48.5 Å². The van der Waals surface area contributed by atoms with Gasteiger partial charge in [-0.15, -0.1) is 0 Å². The molecular formula is C16H16O4S. The monoisotopic (exact) mass is 304 g/mol. The summed E-state index contributed by atoms with van der Waals surface area (Å²) in [6, 6.07) is 14.1. The third-order valence-corrected chi connectivity index (χ3v) is 4.54. The van der Waals surface area contributed by atoms with Crippen LogP contribution in [0.25, 0.3) is 0 Å². The third-order valence-electron chi connectivity index (χ3n) is 2.95. The van der Waals surface area contributed by atoms with Crippen LogP contribution in [0, 0.1) is 0 Å². The van der Waals surface area contributed by atoms with Crippen LogP contribution in [0.15, 0.2) is 58.3 Å². The summed E-state index contributed by atoms with van der Waals surface area (Å²) < 4.78 is 17.7. The summed E-state index contributed by atoms with van der Waals surface area (Å²) in [7, 11) is -1.44. The predicted molar refractivity (Wildman–Crippen MR) is 79.0 cm³/mol. The third kappa shape index (κ3) is 3.77. The maximum absolute atomic E-state index is 12.8. The van der Waals surface area contributed by atoms with E-state index in [1.807, 2.05) is 0 Å². The lowest BCUT2D eigenvalue weighted by Gasteiger charge is -2.11. The highest BCUT2D eigenvalue weighted by Gasteiger charge is 2.15. The van der Waals surface area contributed by atoms with Crippen molar-refractivity contribution < 1.29 is 18.8 Å². The minimum absolute atomic E-state index is 0.0819. The normalized spacial score (nSPS) is 11.9. The summed E-state index contributed by atoms with van der Waals surface area (Å²) >= 11 is 0. The first-order valence-corrected chi connectivity index (χ1v) is 7.60. The molecule has 0 bridgehead atoms. The highest BCUT2D eigenvalue weighted by Crippen LogP contribution is 2.23. The fraction of sp³-hybridized carbons (Fsp3) is 0.188. The minimum Gasteiger partial charge on any atom is -0.461 e. The summed E-state index contributed by atoms with van der Waals surface area (Å²) in [5, 5.41) is 9.36. The second kappa shape index (κ2) is 7.15. The quantitative estimate of drug-likeness (QED) is 0.862. The van der Waals surface area contributed by atoms with Gasteiger partial charge < -0.3 is 9.84 Å². The van der Waals surface area contributed by atoms with Gasteiger partial charge in [0.1, 0.15) is 6.61 Å². The van der Waals surface area contributed by atoms with E-state index in [0.29, 0.717) is 20.9 Å². The Morgan fingerprint density at radius 1 is 1.05 bits per heavy atom. The van der Waals surface area contributed by atoms with Crippen molar-refractivity contribution in [2.75, 3.05) is 0 Å². The molecule has 2 rings (SSSR count). The molecule has 0 aliphatic rings. The van der Waals surface area contributed by atoms with Crippen LogP contribution in [0.2, 0.25) is 0 Å². The molecule has 0 fully saturated rings. The van der Waals surface area contributed by atoms with Gasteiger partial charge in [0.2, 0.25) is 0 Å². The first kappa shape index (κ1) is 15.4. The molecule has 0 radical (unpaired) electrons. The summed E-state index contributed by atoms with van der Waals surface area (Å²) in [5.74, 6) is -0.383. The van der Waals surface area contributed by atoms with Crippen molar-refractivity contribution in [2.24, 2.45) is 0 Å². The molecule has 0 amide bonds. The molecule has 0 saturated heterocycles. The van der Waals surface area contributed by atoms with Gasteiger partial charge in [-0.3, -0.25) is 4.79 Å². The molecule has 0 spiro atoms. The van der Waals surface area contributed by atoms with Gasteiger partial charge in [0.25, 0.3) is 0 Å². The molecule has 110 valence electrons. The van der Waals surface area contributed by atoms with Crippen LogP contribution >= 0.6 is 0 Å². The maximum atomic E-state index is 12.8. The second-order valence-electron chi connectivity index (χ2n) is 4.42. The molecule has 0 heterocycles. The summed E-state index contributed by atoms with van der Waals surface area (Å²) in [6.07, 6.45) is 0. The van der Waals surface area contributed by atoms with Crippen LogP contribution in [0.4, 0.5) is 0 Å². The number of benzene rings is 2. The number of aliphatic hydroxyl groups excluding tert-OH is 1. The Morgan fingerprint density at radius 2 is 1.57 bits per heavy atom. The topological polar surface area (TPSA) is 63.6 Å². The molecule has 5 heteroatoms. The van der Waals surface area contributed by atoms with Gasteiger partial charge in [-0.2, -0.15) is 0 Å². The lowest BCUT2D eigenvalue weighted by Crippen LogP contribution is -2.05.